The molecule has 0 bridgehead atoms. The summed E-state index contributed by atoms with van der Waals surface area (Å²) in [4.78, 5) is 0. The molecule has 1 unspecified atom stereocenters. The van der Waals surface area contributed by atoms with Gasteiger partial charge in [0.15, 0.2) is 11.5 Å². The first-order valence-corrected chi connectivity index (χ1v) is 7.36. The minimum Gasteiger partial charge on any atom is -0.504 e. The highest BCUT2D eigenvalue weighted by Crippen LogP contribution is 2.30. The SMILES string of the molecule is O=S1Nc2ccc(CCc3ccc(O)c(O)c3)cc2N1. The Bertz CT molecular complexity index is 688. The van der Waals surface area contributed by atoms with E-state index < -0.39 is 11.2 Å². The molecule has 0 amide bonds. The summed E-state index contributed by atoms with van der Waals surface area (Å²) < 4.78 is 17.0. The van der Waals surface area contributed by atoms with E-state index >= 15 is 0 Å². The molecule has 2 aromatic carbocycles. The van der Waals surface area contributed by atoms with Crippen LogP contribution in [0.2, 0.25) is 0 Å². The van der Waals surface area contributed by atoms with Crippen molar-refractivity contribution in [3.8, 4) is 11.5 Å². The van der Waals surface area contributed by atoms with Crippen molar-refractivity contribution in [1.29, 1.82) is 0 Å². The highest BCUT2D eigenvalue weighted by atomic mass is 32.2. The average Bonchev–Trinajstić information content (AvgIpc) is 2.79. The number of hydrogen-bond donors (Lipinski definition) is 4. The number of rotatable bonds is 3. The van der Waals surface area contributed by atoms with Crippen LogP contribution in [0.25, 0.3) is 0 Å². The van der Waals surface area contributed by atoms with Crippen molar-refractivity contribution in [3.05, 3.63) is 47.5 Å². The maximum atomic E-state index is 11.3. The van der Waals surface area contributed by atoms with Crippen LogP contribution in [-0.2, 0) is 24.0 Å². The molecule has 1 atom stereocenters. The molecule has 1 heterocycles. The molecule has 0 aliphatic carbocycles. The van der Waals surface area contributed by atoms with E-state index in [1.807, 2.05) is 18.2 Å². The molecule has 0 fully saturated rings. The van der Waals surface area contributed by atoms with E-state index in [1.165, 1.54) is 6.07 Å². The Balaban J connectivity index is 1.71. The summed E-state index contributed by atoms with van der Waals surface area (Å²) in [6.07, 6.45) is 1.55. The van der Waals surface area contributed by atoms with Crippen LogP contribution in [0, 0.1) is 0 Å². The molecule has 6 heteroatoms. The highest BCUT2D eigenvalue weighted by Gasteiger charge is 2.15. The highest BCUT2D eigenvalue weighted by molar-refractivity contribution is 7.88. The van der Waals surface area contributed by atoms with Crippen LogP contribution >= 0.6 is 0 Å². The van der Waals surface area contributed by atoms with Crippen molar-refractivity contribution < 1.29 is 14.4 Å². The molecule has 0 spiro atoms. The van der Waals surface area contributed by atoms with Gasteiger partial charge in [-0.15, -0.1) is 0 Å². The minimum atomic E-state index is -1.23. The summed E-state index contributed by atoms with van der Waals surface area (Å²) >= 11 is -1.23. The van der Waals surface area contributed by atoms with Gasteiger partial charge in [0.25, 0.3) is 0 Å². The molecule has 0 saturated heterocycles. The van der Waals surface area contributed by atoms with E-state index in [9.17, 15) is 14.4 Å². The van der Waals surface area contributed by atoms with Crippen LogP contribution < -0.4 is 9.44 Å². The van der Waals surface area contributed by atoms with Crippen molar-refractivity contribution >= 4 is 22.5 Å². The van der Waals surface area contributed by atoms with Gasteiger partial charge in [0.05, 0.1) is 11.4 Å². The zero-order valence-corrected chi connectivity index (χ0v) is 11.4. The summed E-state index contributed by atoms with van der Waals surface area (Å²) in [7, 11) is 0. The molecule has 0 saturated carbocycles. The summed E-state index contributed by atoms with van der Waals surface area (Å²) in [5, 5.41) is 18.7. The number of anilines is 2. The fraction of sp³-hybridized carbons (Fsp3) is 0.143. The standard InChI is InChI=1S/C14H14N2O3S/c17-13-6-4-10(8-14(13)18)2-1-9-3-5-11-12(7-9)16-20(19)15-11/h3-8,15-18H,1-2H2. The molecular weight excluding hydrogens is 276 g/mol. The number of fused-ring (bicyclic) bond motifs is 1. The van der Waals surface area contributed by atoms with E-state index in [-0.39, 0.29) is 11.5 Å². The number of nitrogens with one attached hydrogen (secondary N) is 2. The van der Waals surface area contributed by atoms with Crippen molar-refractivity contribution in [3.63, 3.8) is 0 Å². The third-order valence-corrected chi connectivity index (χ3v) is 4.04. The number of aromatic hydroxyl groups is 2. The number of benzene rings is 2. The second-order valence-electron chi connectivity index (χ2n) is 4.68. The van der Waals surface area contributed by atoms with Crippen LogP contribution in [0.3, 0.4) is 0 Å². The zero-order valence-electron chi connectivity index (χ0n) is 10.6. The van der Waals surface area contributed by atoms with Gasteiger partial charge in [-0.2, -0.15) is 0 Å². The van der Waals surface area contributed by atoms with Crippen molar-refractivity contribution in [2.45, 2.75) is 12.8 Å². The van der Waals surface area contributed by atoms with E-state index in [1.54, 1.807) is 12.1 Å². The Morgan fingerprint density at radius 3 is 2.25 bits per heavy atom. The van der Waals surface area contributed by atoms with E-state index in [0.29, 0.717) is 0 Å². The first-order valence-electron chi connectivity index (χ1n) is 6.21. The smallest absolute Gasteiger partial charge is 0.220 e. The van der Waals surface area contributed by atoms with Crippen molar-refractivity contribution in [2.24, 2.45) is 0 Å². The Morgan fingerprint density at radius 1 is 0.850 bits per heavy atom. The predicted molar refractivity (Wildman–Crippen MR) is 79.0 cm³/mol. The maximum absolute atomic E-state index is 11.3. The van der Waals surface area contributed by atoms with Gasteiger partial charge in [-0.1, -0.05) is 12.1 Å². The maximum Gasteiger partial charge on any atom is 0.220 e. The van der Waals surface area contributed by atoms with E-state index in [0.717, 1.165) is 35.3 Å². The minimum absolute atomic E-state index is 0.0993. The normalized spacial score (nSPS) is 16.3. The topological polar surface area (TPSA) is 81.6 Å². The Kier molecular flexibility index (Phi) is 3.23. The summed E-state index contributed by atoms with van der Waals surface area (Å²) in [6.45, 7) is 0. The van der Waals surface area contributed by atoms with Crippen LogP contribution in [0.15, 0.2) is 36.4 Å². The Hall–Kier alpha value is -2.21. The molecule has 104 valence electrons. The summed E-state index contributed by atoms with van der Waals surface area (Å²) in [6, 6.07) is 10.7. The first kappa shape index (κ1) is 12.8. The zero-order chi connectivity index (χ0) is 14.1. The summed E-state index contributed by atoms with van der Waals surface area (Å²) in [5.74, 6) is -0.207. The molecule has 3 rings (SSSR count). The van der Waals surface area contributed by atoms with Gasteiger partial charge in [-0.05, 0) is 48.2 Å². The Labute approximate surface area is 119 Å². The first-order chi connectivity index (χ1) is 9.61. The van der Waals surface area contributed by atoms with Gasteiger partial charge in [0.1, 0.15) is 0 Å². The molecule has 20 heavy (non-hydrogen) atoms. The average molecular weight is 290 g/mol. The molecular formula is C14H14N2O3S. The number of phenols is 2. The molecule has 0 radical (unpaired) electrons. The summed E-state index contributed by atoms with van der Waals surface area (Å²) in [5.41, 5.74) is 3.75. The Morgan fingerprint density at radius 2 is 1.50 bits per heavy atom. The van der Waals surface area contributed by atoms with Crippen LogP contribution in [-0.4, -0.2) is 14.4 Å². The van der Waals surface area contributed by atoms with Gasteiger partial charge < -0.3 is 10.2 Å². The molecule has 1 aliphatic rings. The van der Waals surface area contributed by atoms with Gasteiger partial charge >= 0.3 is 0 Å². The lowest BCUT2D eigenvalue weighted by molar-refractivity contribution is 0.403. The fourth-order valence-corrected chi connectivity index (χ4v) is 2.96. The largest absolute Gasteiger partial charge is 0.504 e. The lowest BCUT2D eigenvalue weighted by Gasteiger charge is -2.05. The van der Waals surface area contributed by atoms with Crippen LogP contribution in [0.1, 0.15) is 11.1 Å². The quantitative estimate of drug-likeness (QED) is 0.655. The second kappa shape index (κ2) is 5.05. The van der Waals surface area contributed by atoms with Gasteiger partial charge in [-0.3, -0.25) is 9.44 Å². The molecule has 1 aliphatic heterocycles. The number of hydrogen-bond acceptors (Lipinski definition) is 3. The third kappa shape index (κ3) is 2.55. The van der Waals surface area contributed by atoms with Crippen LogP contribution in [0.4, 0.5) is 11.4 Å². The van der Waals surface area contributed by atoms with Crippen molar-refractivity contribution in [1.82, 2.24) is 0 Å². The van der Waals surface area contributed by atoms with E-state index in [4.69, 9.17) is 0 Å². The van der Waals surface area contributed by atoms with Gasteiger partial charge in [0, 0.05) is 0 Å². The fourth-order valence-electron chi connectivity index (χ4n) is 2.16. The lowest BCUT2D eigenvalue weighted by Crippen LogP contribution is -2.02. The molecule has 4 N–H and O–H groups in total. The molecule has 5 nitrogen and oxygen atoms in total. The van der Waals surface area contributed by atoms with Gasteiger partial charge in [-0.25, -0.2) is 4.21 Å². The lowest BCUT2D eigenvalue weighted by atomic mass is 10.0. The predicted octanol–water partition coefficient (Wildman–Crippen LogP) is 2.30. The van der Waals surface area contributed by atoms with Crippen molar-refractivity contribution in [2.75, 3.05) is 9.44 Å². The number of phenolic OH excluding ortho intramolecular Hbond substituents is 2. The second-order valence-corrected chi connectivity index (χ2v) is 5.62. The molecule has 2 aromatic rings. The molecule has 0 aromatic heterocycles. The number of aryl methyl sites for hydroxylation is 2. The third-order valence-electron chi connectivity index (χ3n) is 3.23. The monoisotopic (exact) mass is 290 g/mol. The van der Waals surface area contributed by atoms with Gasteiger partial charge in [0.2, 0.25) is 11.2 Å². The van der Waals surface area contributed by atoms with E-state index in [2.05, 4.69) is 9.44 Å². The van der Waals surface area contributed by atoms with Crippen LogP contribution in [0.5, 0.6) is 11.5 Å².